The molecule has 20 heavy (non-hydrogen) atoms. The molecule has 0 aliphatic heterocycles. The Morgan fingerprint density at radius 3 is 2.70 bits per heavy atom. The number of hydrogen-bond donors (Lipinski definition) is 2. The van der Waals surface area contributed by atoms with Crippen molar-refractivity contribution in [1.29, 1.82) is 0 Å². The van der Waals surface area contributed by atoms with Gasteiger partial charge in [0.1, 0.15) is 0 Å². The molecule has 0 aromatic carbocycles. The summed E-state index contributed by atoms with van der Waals surface area (Å²) in [4.78, 5) is 27.7. The molecule has 1 heterocycles. The van der Waals surface area contributed by atoms with Gasteiger partial charge >= 0.3 is 5.97 Å². The SMILES string of the molecule is COCCNC(=O)CCNc1nc(C(=O)OC)c(C)s1. The van der Waals surface area contributed by atoms with Crippen molar-refractivity contribution >= 4 is 28.3 Å². The molecule has 0 saturated carbocycles. The summed E-state index contributed by atoms with van der Waals surface area (Å²) in [6.45, 7) is 3.24. The highest BCUT2D eigenvalue weighted by atomic mass is 32.1. The van der Waals surface area contributed by atoms with E-state index in [1.165, 1.54) is 18.4 Å². The van der Waals surface area contributed by atoms with Crippen LogP contribution in [-0.4, -0.2) is 50.8 Å². The predicted molar refractivity (Wildman–Crippen MR) is 76.2 cm³/mol. The second-order valence-corrected chi connectivity index (χ2v) is 5.14. The Labute approximate surface area is 121 Å². The summed E-state index contributed by atoms with van der Waals surface area (Å²) in [6.07, 6.45) is 0.329. The maximum absolute atomic E-state index is 11.4. The molecule has 0 spiro atoms. The quantitative estimate of drug-likeness (QED) is 0.545. The number of hydrogen-bond acceptors (Lipinski definition) is 7. The van der Waals surface area contributed by atoms with Gasteiger partial charge in [0.05, 0.1) is 13.7 Å². The van der Waals surface area contributed by atoms with Gasteiger partial charge in [-0.15, -0.1) is 11.3 Å². The lowest BCUT2D eigenvalue weighted by Crippen LogP contribution is -2.28. The van der Waals surface area contributed by atoms with Crippen molar-refractivity contribution in [2.24, 2.45) is 0 Å². The summed E-state index contributed by atoms with van der Waals surface area (Å²) in [6, 6.07) is 0. The third-order valence-electron chi connectivity index (χ3n) is 2.43. The maximum Gasteiger partial charge on any atom is 0.357 e. The fraction of sp³-hybridized carbons (Fsp3) is 0.583. The highest BCUT2D eigenvalue weighted by Crippen LogP contribution is 2.22. The molecule has 1 aromatic rings. The number of nitrogens with zero attached hydrogens (tertiary/aromatic N) is 1. The first-order valence-electron chi connectivity index (χ1n) is 6.13. The minimum atomic E-state index is -0.455. The van der Waals surface area contributed by atoms with Crippen molar-refractivity contribution in [2.45, 2.75) is 13.3 Å². The van der Waals surface area contributed by atoms with E-state index in [1.807, 2.05) is 0 Å². The Hall–Kier alpha value is -1.67. The summed E-state index contributed by atoms with van der Waals surface area (Å²) in [5.41, 5.74) is 0.310. The molecule has 1 aromatic heterocycles. The van der Waals surface area contributed by atoms with Gasteiger partial charge in [0, 0.05) is 31.5 Å². The van der Waals surface area contributed by atoms with Crippen LogP contribution >= 0.6 is 11.3 Å². The molecule has 0 bridgehead atoms. The van der Waals surface area contributed by atoms with Crippen LogP contribution in [0.2, 0.25) is 0 Å². The van der Waals surface area contributed by atoms with Crippen molar-refractivity contribution in [3.63, 3.8) is 0 Å². The molecule has 0 atom stereocenters. The van der Waals surface area contributed by atoms with Crippen LogP contribution in [0.25, 0.3) is 0 Å². The van der Waals surface area contributed by atoms with Crippen LogP contribution in [0.4, 0.5) is 5.13 Å². The first-order valence-corrected chi connectivity index (χ1v) is 6.95. The number of anilines is 1. The molecule has 0 saturated heterocycles. The van der Waals surface area contributed by atoms with Crippen LogP contribution in [0.15, 0.2) is 0 Å². The standard InChI is InChI=1S/C12H19N3O4S/c1-8-10(11(17)19-3)15-12(20-8)14-5-4-9(16)13-6-7-18-2/h4-7H2,1-3H3,(H,13,16)(H,14,15). The number of rotatable bonds is 8. The van der Waals surface area contributed by atoms with Gasteiger partial charge in [-0.2, -0.15) is 0 Å². The van der Waals surface area contributed by atoms with Gasteiger partial charge in [0.25, 0.3) is 0 Å². The Bertz CT molecular complexity index is 462. The van der Waals surface area contributed by atoms with Crippen molar-refractivity contribution in [3.05, 3.63) is 10.6 Å². The third-order valence-corrected chi connectivity index (χ3v) is 3.36. The number of nitrogens with one attached hydrogen (secondary N) is 2. The predicted octanol–water partition coefficient (Wildman–Crippen LogP) is 0.803. The number of carbonyl (C=O) groups excluding carboxylic acids is 2. The van der Waals surface area contributed by atoms with Crippen molar-refractivity contribution in [1.82, 2.24) is 10.3 Å². The minimum absolute atomic E-state index is 0.0592. The first kappa shape index (κ1) is 16.4. The normalized spacial score (nSPS) is 10.2. The Morgan fingerprint density at radius 2 is 2.05 bits per heavy atom. The van der Waals surface area contributed by atoms with Crippen LogP contribution in [-0.2, 0) is 14.3 Å². The molecule has 0 unspecified atom stereocenters. The fourth-order valence-corrected chi connectivity index (χ4v) is 2.25. The van der Waals surface area contributed by atoms with Crippen LogP contribution in [0.5, 0.6) is 0 Å². The van der Waals surface area contributed by atoms with Gasteiger partial charge in [-0.3, -0.25) is 4.79 Å². The van der Waals surface area contributed by atoms with E-state index in [1.54, 1.807) is 14.0 Å². The summed E-state index contributed by atoms with van der Waals surface area (Å²) in [7, 11) is 2.90. The van der Waals surface area contributed by atoms with Gasteiger partial charge in [-0.25, -0.2) is 9.78 Å². The monoisotopic (exact) mass is 301 g/mol. The van der Waals surface area contributed by atoms with Crippen molar-refractivity contribution in [3.8, 4) is 0 Å². The lowest BCUT2D eigenvalue weighted by Gasteiger charge is -2.04. The van der Waals surface area contributed by atoms with E-state index in [2.05, 4.69) is 20.4 Å². The van der Waals surface area contributed by atoms with Crippen LogP contribution in [0.1, 0.15) is 21.8 Å². The number of thiazole rings is 1. The smallest absolute Gasteiger partial charge is 0.357 e. The lowest BCUT2D eigenvalue weighted by atomic mass is 10.4. The zero-order valence-corrected chi connectivity index (χ0v) is 12.6. The van der Waals surface area contributed by atoms with Gasteiger partial charge < -0.3 is 20.1 Å². The number of esters is 1. The molecular weight excluding hydrogens is 282 g/mol. The molecular formula is C12H19N3O4S. The van der Waals surface area contributed by atoms with Crippen molar-refractivity contribution < 1.29 is 19.1 Å². The van der Waals surface area contributed by atoms with Crippen LogP contribution in [0, 0.1) is 6.92 Å². The molecule has 2 N–H and O–H groups in total. The lowest BCUT2D eigenvalue weighted by molar-refractivity contribution is -0.121. The average Bonchev–Trinajstić information content (AvgIpc) is 2.79. The highest BCUT2D eigenvalue weighted by molar-refractivity contribution is 7.15. The van der Waals surface area contributed by atoms with E-state index in [0.717, 1.165) is 4.88 Å². The molecule has 0 radical (unpaired) electrons. The number of ether oxygens (including phenoxy) is 2. The minimum Gasteiger partial charge on any atom is -0.464 e. The maximum atomic E-state index is 11.4. The number of amides is 1. The Kier molecular flexibility index (Phi) is 6.96. The van der Waals surface area contributed by atoms with Crippen LogP contribution < -0.4 is 10.6 Å². The summed E-state index contributed by atoms with van der Waals surface area (Å²) in [5, 5.41) is 6.34. The molecule has 1 rings (SSSR count). The zero-order valence-electron chi connectivity index (χ0n) is 11.8. The number of carbonyl (C=O) groups is 2. The summed E-state index contributed by atoms with van der Waals surface area (Å²) >= 11 is 1.36. The molecule has 0 fully saturated rings. The molecule has 0 aliphatic carbocycles. The Morgan fingerprint density at radius 1 is 1.30 bits per heavy atom. The second-order valence-electron chi connectivity index (χ2n) is 3.93. The second kappa shape index (κ2) is 8.49. The molecule has 1 amide bonds. The fourth-order valence-electron chi connectivity index (χ4n) is 1.42. The van der Waals surface area contributed by atoms with E-state index >= 15 is 0 Å². The van der Waals surface area contributed by atoms with Crippen molar-refractivity contribution in [2.75, 3.05) is 39.2 Å². The topological polar surface area (TPSA) is 89.5 Å². The van der Waals surface area contributed by atoms with Crippen LogP contribution in [0.3, 0.4) is 0 Å². The Balaban J connectivity index is 2.35. The first-order chi connectivity index (χ1) is 9.58. The van der Waals surface area contributed by atoms with E-state index in [-0.39, 0.29) is 5.91 Å². The van der Waals surface area contributed by atoms with Gasteiger partial charge in [0.15, 0.2) is 10.8 Å². The number of methoxy groups -OCH3 is 2. The van der Waals surface area contributed by atoms with Gasteiger partial charge in [0.2, 0.25) is 5.91 Å². The zero-order chi connectivity index (χ0) is 15.0. The molecule has 8 heteroatoms. The molecule has 112 valence electrons. The molecule has 0 aliphatic rings. The largest absolute Gasteiger partial charge is 0.464 e. The van der Waals surface area contributed by atoms with Gasteiger partial charge in [-0.05, 0) is 6.92 Å². The molecule has 7 nitrogen and oxygen atoms in total. The van der Waals surface area contributed by atoms with Gasteiger partial charge in [-0.1, -0.05) is 0 Å². The summed E-state index contributed by atoms with van der Waals surface area (Å²) in [5.74, 6) is -0.514. The highest BCUT2D eigenvalue weighted by Gasteiger charge is 2.15. The summed E-state index contributed by atoms with van der Waals surface area (Å²) < 4.78 is 9.46. The van der Waals surface area contributed by atoms with E-state index in [9.17, 15) is 9.59 Å². The van der Waals surface area contributed by atoms with E-state index < -0.39 is 5.97 Å². The van der Waals surface area contributed by atoms with E-state index in [4.69, 9.17) is 4.74 Å². The number of aromatic nitrogens is 1. The number of aryl methyl sites for hydroxylation is 1. The average molecular weight is 301 g/mol. The van der Waals surface area contributed by atoms with E-state index in [0.29, 0.717) is 36.9 Å². The third kappa shape index (κ3) is 5.14.